The summed E-state index contributed by atoms with van der Waals surface area (Å²) < 4.78 is 16.2. The third kappa shape index (κ3) is 6.06. The van der Waals surface area contributed by atoms with Crippen molar-refractivity contribution in [1.82, 2.24) is 20.3 Å². The van der Waals surface area contributed by atoms with Gasteiger partial charge in [-0.05, 0) is 48.7 Å². The Balaban J connectivity index is 1.41. The standard InChI is InChI=1S/C25H27N5O4/c1-5-32-19-11-9-18(10-12-19)26-21(31)14-20-27-24(34-29-20)17-8-6-7-16(13-17)23-28-22(33-30-23)15-25(2,3)4/h6-13H,5,14-15H2,1-4H3,(H,26,31). The number of nitrogens with zero attached hydrogens (tertiary/aromatic N) is 4. The largest absolute Gasteiger partial charge is 0.494 e. The Morgan fingerprint density at radius 3 is 2.50 bits per heavy atom. The van der Waals surface area contributed by atoms with E-state index in [-0.39, 0.29) is 23.6 Å². The average molecular weight is 462 g/mol. The van der Waals surface area contributed by atoms with Crippen LogP contribution in [0.25, 0.3) is 22.8 Å². The number of carbonyl (C=O) groups is 1. The van der Waals surface area contributed by atoms with Crippen LogP contribution < -0.4 is 10.1 Å². The molecule has 0 radical (unpaired) electrons. The molecule has 9 heteroatoms. The molecule has 2 heterocycles. The Kier molecular flexibility index (Phi) is 6.72. The van der Waals surface area contributed by atoms with Crippen molar-refractivity contribution in [3.8, 4) is 28.6 Å². The number of benzene rings is 2. The quantitative estimate of drug-likeness (QED) is 0.392. The smallest absolute Gasteiger partial charge is 0.257 e. The molecule has 0 bridgehead atoms. The van der Waals surface area contributed by atoms with E-state index >= 15 is 0 Å². The number of anilines is 1. The summed E-state index contributed by atoms with van der Waals surface area (Å²) in [6, 6.07) is 14.6. The lowest BCUT2D eigenvalue weighted by atomic mass is 9.92. The maximum absolute atomic E-state index is 12.4. The van der Waals surface area contributed by atoms with E-state index in [0.717, 1.165) is 11.3 Å². The van der Waals surface area contributed by atoms with Crippen LogP contribution in [0.4, 0.5) is 5.69 Å². The molecule has 9 nitrogen and oxygen atoms in total. The van der Waals surface area contributed by atoms with Crippen molar-refractivity contribution in [3.05, 3.63) is 60.2 Å². The zero-order valence-corrected chi connectivity index (χ0v) is 19.7. The lowest BCUT2D eigenvalue weighted by molar-refractivity contribution is -0.115. The van der Waals surface area contributed by atoms with Crippen molar-refractivity contribution in [2.75, 3.05) is 11.9 Å². The summed E-state index contributed by atoms with van der Waals surface area (Å²) in [6.07, 6.45) is 0.669. The van der Waals surface area contributed by atoms with Crippen molar-refractivity contribution < 1.29 is 18.6 Å². The van der Waals surface area contributed by atoms with E-state index in [1.807, 2.05) is 31.2 Å². The minimum Gasteiger partial charge on any atom is -0.494 e. The molecular weight excluding hydrogens is 434 g/mol. The number of ether oxygens (including phenoxy) is 1. The zero-order chi connectivity index (χ0) is 24.1. The van der Waals surface area contributed by atoms with Crippen LogP contribution in [0.5, 0.6) is 5.75 Å². The Hall–Kier alpha value is -4.01. The number of hydrogen-bond acceptors (Lipinski definition) is 8. The fourth-order valence-electron chi connectivity index (χ4n) is 3.28. The van der Waals surface area contributed by atoms with Crippen LogP contribution in [0.3, 0.4) is 0 Å². The summed E-state index contributed by atoms with van der Waals surface area (Å²) in [7, 11) is 0. The fraction of sp³-hybridized carbons (Fsp3) is 0.320. The number of aromatic nitrogens is 4. The second-order valence-electron chi connectivity index (χ2n) is 9.03. The zero-order valence-electron chi connectivity index (χ0n) is 19.7. The molecule has 0 aliphatic carbocycles. The van der Waals surface area contributed by atoms with Gasteiger partial charge in [0, 0.05) is 23.2 Å². The van der Waals surface area contributed by atoms with Gasteiger partial charge in [-0.2, -0.15) is 9.97 Å². The normalized spacial score (nSPS) is 11.4. The van der Waals surface area contributed by atoms with Crippen molar-refractivity contribution in [2.24, 2.45) is 5.41 Å². The molecule has 1 N–H and O–H groups in total. The molecular formula is C25H27N5O4. The highest BCUT2D eigenvalue weighted by molar-refractivity contribution is 5.91. The van der Waals surface area contributed by atoms with Gasteiger partial charge in [0.25, 0.3) is 5.89 Å². The number of nitrogens with one attached hydrogen (secondary N) is 1. The molecule has 0 aliphatic heterocycles. The van der Waals surface area contributed by atoms with Gasteiger partial charge in [0.05, 0.1) is 13.0 Å². The first kappa shape index (κ1) is 23.2. The molecule has 0 atom stereocenters. The highest BCUT2D eigenvalue weighted by Crippen LogP contribution is 2.26. The van der Waals surface area contributed by atoms with Gasteiger partial charge in [-0.1, -0.05) is 43.2 Å². The van der Waals surface area contributed by atoms with E-state index in [1.54, 1.807) is 24.3 Å². The highest BCUT2D eigenvalue weighted by atomic mass is 16.5. The van der Waals surface area contributed by atoms with Crippen molar-refractivity contribution in [3.63, 3.8) is 0 Å². The molecule has 4 rings (SSSR count). The first-order valence-electron chi connectivity index (χ1n) is 11.1. The minimum absolute atomic E-state index is 0.0165. The van der Waals surface area contributed by atoms with Gasteiger partial charge in [-0.15, -0.1) is 0 Å². The van der Waals surface area contributed by atoms with E-state index in [0.29, 0.717) is 41.9 Å². The van der Waals surface area contributed by atoms with Crippen molar-refractivity contribution in [2.45, 2.75) is 40.5 Å². The van der Waals surface area contributed by atoms with E-state index < -0.39 is 0 Å². The van der Waals surface area contributed by atoms with Gasteiger partial charge in [0.15, 0.2) is 5.82 Å². The lowest BCUT2D eigenvalue weighted by Gasteiger charge is -2.13. The van der Waals surface area contributed by atoms with Gasteiger partial charge in [-0.25, -0.2) is 0 Å². The van der Waals surface area contributed by atoms with Crippen LogP contribution >= 0.6 is 0 Å². The lowest BCUT2D eigenvalue weighted by Crippen LogP contribution is -2.15. The van der Waals surface area contributed by atoms with E-state index in [9.17, 15) is 4.79 Å². The molecule has 0 saturated carbocycles. The maximum Gasteiger partial charge on any atom is 0.257 e. The second kappa shape index (κ2) is 9.86. The van der Waals surface area contributed by atoms with Crippen LogP contribution in [0.2, 0.25) is 0 Å². The molecule has 0 spiro atoms. The van der Waals surface area contributed by atoms with E-state index in [4.69, 9.17) is 13.8 Å². The average Bonchev–Trinajstić information content (AvgIpc) is 3.44. The fourth-order valence-corrected chi connectivity index (χ4v) is 3.28. The molecule has 2 aromatic carbocycles. The molecule has 4 aromatic rings. The van der Waals surface area contributed by atoms with Crippen molar-refractivity contribution in [1.29, 1.82) is 0 Å². The summed E-state index contributed by atoms with van der Waals surface area (Å²) in [5.41, 5.74) is 2.18. The second-order valence-corrected chi connectivity index (χ2v) is 9.03. The summed E-state index contributed by atoms with van der Waals surface area (Å²) in [5.74, 6) is 2.18. The first-order valence-corrected chi connectivity index (χ1v) is 11.1. The molecule has 0 aliphatic rings. The molecule has 0 saturated heterocycles. The summed E-state index contributed by atoms with van der Waals surface area (Å²) in [5, 5.41) is 10.8. The van der Waals surface area contributed by atoms with Gasteiger partial charge in [0.2, 0.25) is 17.6 Å². The Labute approximate surface area is 197 Å². The number of hydrogen-bond donors (Lipinski definition) is 1. The Morgan fingerprint density at radius 2 is 1.76 bits per heavy atom. The summed E-state index contributed by atoms with van der Waals surface area (Å²) >= 11 is 0. The number of amides is 1. The molecule has 34 heavy (non-hydrogen) atoms. The van der Waals surface area contributed by atoms with Crippen LogP contribution in [0, 0.1) is 5.41 Å². The topological polar surface area (TPSA) is 116 Å². The summed E-state index contributed by atoms with van der Waals surface area (Å²) in [4.78, 5) is 21.2. The van der Waals surface area contributed by atoms with Crippen LogP contribution in [0.1, 0.15) is 39.4 Å². The monoisotopic (exact) mass is 461 g/mol. The number of rotatable bonds is 8. The van der Waals surface area contributed by atoms with Gasteiger partial charge in [0.1, 0.15) is 5.75 Å². The molecule has 0 unspecified atom stereocenters. The van der Waals surface area contributed by atoms with Gasteiger partial charge >= 0.3 is 0 Å². The van der Waals surface area contributed by atoms with Crippen molar-refractivity contribution >= 4 is 11.6 Å². The molecule has 2 aromatic heterocycles. The Bertz CT molecular complexity index is 1250. The Morgan fingerprint density at radius 1 is 1.00 bits per heavy atom. The molecule has 176 valence electrons. The third-order valence-electron chi connectivity index (χ3n) is 4.75. The van der Waals surface area contributed by atoms with E-state index in [1.165, 1.54) is 0 Å². The minimum atomic E-state index is -0.247. The van der Waals surface area contributed by atoms with Crippen LogP contribution in [-0.2, 0) is 17.6 Å². The van der Waals surface area contributed by atoms with Crippen LogP contribution in [0.15, 0.2) is 57.6 Å². The SMILES string of the molecule is CCOc1ccc(NC(=O)Cc2noc(-c3cccc(-c4noc(CC(C)(C)C)n4)c3)n2)cc1. The van der Waals surface area contributed by atoms with Gasteiger partial charge in [-0.3, -0.25) is 4.79 Å². The predicted octanol–water partition coefficient (Wildman–Crippen LogP) is 4.96. The van der Waals surface area contributed by atoms with Gasteiger partial charge < -0.3 is 19.1 Å². The predicted molar refractivity (Wildman–Crippen MR) is 126 cm³/mol. The highest BCUT2D eigenvalue weighted by Gasteiger charge is 2.18. The van der Waals surface area contributed by atoms with E-state index in [2.05, 4.69) is 46.4 Å². The molecule has 1 amide bonds. The first-order chi connectivity index (χ1) is 16.3. The molecule has 0 fully saturated rings. The maximum atomic E-state index is 12.4. The third-order valence-corrected chi connectivity index (χ3v) is 4.75. The summed E-state index contributed by atoms with van der Waals surface area (Å²) in [6.45, 7) is 8.84. The van der Waals surface area contributed by atoms with Crippen LogP contribution in [-0.4, -0.2) is 32.8 Å². The number of carbonyl (C=O) groups excluding carboxylic acids is 1.